The minimum absolute atomic E-state index is 0.203. The summed E-state index contributed by atoms with van der Waals surface area (Å²) in [5.41, 5.74) is 3.76. The summed E-state index contributed by atoms with van der Waals surface area (Å²) in [5, 5.41) is 0. The number of hydrogen-bond acceptors (Lipinski definition) is 3. The molecule has 0 bridgehead atoms. The Kier molecular flexibility index (Phi) is 5.04. The van der Waals surface area contributed by atoms with Gasteiger partial charge in [-0.05, 0) is 43.5 Å². The van der Waals surface area contributed by atoms with E-state index in [0.717, 1.165) is 44.9 Å². The van der Waals surface area contributed by atoms with Crippen molar-refractivity contribution in [1.82, 2.24) is 4.57 Å². The van der Waals surface area contributed by atoms with Gasteiger partial charge in [0.1, 0.15) is 11.3 Å². The van der Waals surface area contributed by atoms with Crippen LogP contribution in [0.4, 0.5) is 0 Å². The fraction of sp³-hybridized carbons (Fsp3) is 0.300. The van der Waals surface area contributed by atoms with Crippen LogP contribution in [-0.2, 0) is 6.54 Å². The number of thiazole rings is 1. The number of methoxy groups -OCH3 is 1. The van der Waals surface area contributed by atoms with Gasteiger partial charge in [0.05, 0.1) is 11.8 Å². The molecule has 0 spiro atoms. The fourth-order valence-electron chi connectivity index (χ4n) is 2.92. The Morgan fingerprint density at radius 2 is 1.92 bits per heavy atom. The standard InChI is InChI=1S/C20H22N2O2S/c1-5-12-22-17-16(24-4)11-10-14(3)18(17)25-20(22)21-19(23)15-9-7-6-8-13(15)2/h6-11H,5,12H2,1-4H3. The lowest BCUT2D eigenvalue weighted by atomic mass is 10.1. The topological polar surface area (TPSA) is 43.6 Å². The molecule has 0 fully saturated rings. The fourth-order valence-corrected chi connectivity index (χ4v) is 4.06. The Morgan fingerprint density at radius 3 is 2.60 bits per heavy atom. The van der Waals surface area contributed by atoms with Crippen LogP contribution >= 0.6 is 11.3 Å². The van der Waals surface area contributed by atoms with Crippen molar-refractivity contribution in [3.63, 3.8) is 0 Å². The molecule has 0 atom stereocenters. The Balaban J connectivity index is 2.25. The monoisotopic (exact) mass is 354 g/mol. The van der Waals surface area contributed by atoms with E-state index in [0.29, 0.717) is 5.56 Å². The van der Waals surface area contributed by atoms with Crippen LogP contribution in [0, 0.1) is 13.8 Å². The average molecular weight is 354 g/mol. The lowest BCUT2D eigenvalue weighted by Gasteiger charge is -2.08. The quantitative estimate of drug-likeness (QED) is 0.693. The highest BCUT2D eigenvalue weighted by Crippen LogP contribution is 2.30. The minimum atomic E-state index is -0.203. The van der Waals surface area contributed by atoms with Crippen molar-refractivity contribution in [2.24, 2.45) is 4.99 Å². The second-order valence-corrected chi connectivity index (χ2v) is 7.01. The van der Waals surface area contributed by atoms with Gasteiger partial charge in [-0.3, -0.25) is 4.79 Å². The first-order chi connectivity index (χ1) is 12.1. The third-order valence-electron chi connectivity index (χ3n) is 4.23. The molecule has 0 aliphatic rings. The summed E-state index contributed by atoms with van der Waals surface area (Å²) in [4.78, 5) is 17.9. The third-order valence-corrected chi connectivity index (χ3v) is 5.44. The molecule has 5 heteroatoms. The average Bonchev–Trinajstić information content (AvgIpc) is 2.95. The summed E-state index contributed by atoms with van der Waals surface area (Å²) in [6.45, 7) is 6.91. The molecule has 0 N–H and O–H groups in total. The summed E-state index contributed by atoms with van der Waals surface area (Å²) in [6, 6.07) is 11.6. The van der Waals surface area contributed by atoms with Gasteiger partial charge >= 0.3 is 0 Å². The predicted octanol–water partition coefficient (Wildman–Crippen LogP) is 4.48. The number of carbonyl (C=O) groups excluding carboxylic acids is 1. The summed E-state index contributed by atoms with van der Waals surface area (Å²) in [5.74, 6) is 0.612. The van der Waals surface area contributed by atoms with E-state index >= 15 is 0 Å². The largest absolute Gasteiger partial charge is 0.495 e. The number of fused-ring (bicyclic) bond motifs is 1. The molecule has 1 heterocycles. The van der Waals surface area contributed by atoms with Crippen LogP contribution < -0.4 is 9.54 Å². The summed E-state index contributed by atoms with van der Waals surface area (Å²) in [7, 11) is 1.67. The van der Waals surface area contributed by atoms with Gasteiger partial charge in [-0.15, -0.1) is 0 Å². The van der Waals surface area contributed by atoms with Gasteiger partial charge in [0, 0.05) is 12.1 Å². The van der Waals surface area contributed by atoms with Crippen molar-refractivity contribution >= 4 is 27.5 Å². The molecule has 2 aromatic carbocycles. The zero-order chi connectivity index (χ0) is 18.0. The SMILES string of the molecule is CCCn1c(=NC(=O)c2ccccc2C)sc2c(C)ccc(OC)c21. The number of hydrogen-bond donors (Lipinski definition) is 0. The maximum Gasteiger partial charge on any atom is 0.279 e. The van der Waals surface area contributed by atoms with Crippen molar-refractivity contribution in [1.29, 1.82) is 0 Å². The zero-order valence-electron chi connectivity index (χ0n) is 15.0. The molecular weight excluding hydrogens is 332 g/mol. The molecule has 3 aromatic rings. The van der Waals surface area contributed by atoms with Crippen molar-refractivity contribution in [3.05, 3.63) is 57.9 Å². The number of carbonyl (C=O) groups is 1. The molecular formula is C20H22N2O2S. The van der Waals surface area contributed by atoms with E-state index in [4.69, 9.17) is 4.74 Å². The highest BCUT2D eigenvalue weighted by Gasteiger charge is 2.15. The maximum absolute atomic E-state index is 12.7. The van der Waals surface area contributed by atoms with Crippen molar-refractivity contribution in [2.75, 3.05) is 7.11 Å². The van der Waals surface area contributed by atoms with E-state index in [-0.39, 0.29) is 5.91 Å². The van der Waals surface area contributed by atoms with E-state index in [1.807, 2.05) is 43.3 Å². The number of aryl methyl sites for hydroxylation is 3. The third kappa shape index (κ3) is 3.24. The van der Waals surface area contributed by atoms with Crippen LogP contribution in [-0.4, -0.2) is 17.6 Å². The number of amides is 1. The van der Waals surface area contributed by atoms with Crippen LogP contribution in [0.25, 0.3) is 10.2 Å². The van der Waals surface area contributed by atoms with Crippen LogP contribution in [0.3, 0.4) is 0 Å². The normalized spacial score (nSPS) is 11.9. The predicted molar refractivity (Wildman–Crippen MR) is 102 cm³/mol. The maximum atomic E-state index is 12.7. The van der Waals surface area contributed by atoms with E-state index in [2.05, 4.69) is 23.4 Å². The molecule has 0 unspecified atom stereocenters. The first-order valence-corrected chi connectivity index (χ1v) is 9.20. The minimum Gasteiger partial charge on any atom is -0.495 e. The molecule has 130 valence electrons. The van der Waals surface area contributed by atoms with Gasteiger partial charge in [0.2, 0.25) is 0 Å². The highest BCUT2D eigenvalue weighted by atomic mass is 32.1. The van der Waals surface area contributed by atoms with Gasteiger partial charge in [-0.2, -0.15) is 4.99 Å². The second kappa shape index (κ2) is 7.23. The second-order valence-electron chi connectivity index (χ2n) is 6.03. The van der Waals surface area contributed by atoms with Crippen LogP contribution in [0.1, 0.15) is 34.8 Å². The number of benzene rings is 2. The van der Waals surface area contributed by atoms with Crippen molar-refractivity contribution < 1.29 is 9.53 Å². The van der Waals surface area contributed by atoms with Crippen LogP contribution in [0.5, 0.6) is 5.75 Å². The van der Waals surface area contributed by atoms with Crippen LogP contribution in [0.2, 0.25) is 0 Å². The molecule has 1 aromatic heterocycles. The molecule has 1 amide bonds. The lowest BCUT2D eigenvalue weighted by molar-refractivity contribution is 0.0997. The molecule has 0 radical (unpaired) electrons. The Hall–Kier alpha value is -2.40. The van der Waals surface area contributed by atoms with Gasteiger partial charge in [-0.1, -0.05) is 42.5 Å². The van der Waals surface area contributed by atoms with Gasteiger partial charge in [0.25, 0.3) is 5.91 Å². The number of rotatable bonds is 4. The molecule has 0 aliphatic carbocycles. The number of nitrogens with zero attached hydrogens (tertiary/aromatic N) is 2. The molecule has 0 aliphatic heterocycles. The molecule has 4 nitrogen and oxygen atoms in total. The van der Waals surface area contributed by atoms with E-state index in [1.54, 1.807) is 18.4 Å². The number of aromatic nitrogens is 1. The molecule has 25 heavy (non-hydrogen) atoms. The van der Waals surface area contributed by atoms with E-state index in [9.17, 15) is 4.79 Å². The van der Waals surface area contributed by atoms with Crippen molar-refractivity contribution in [3.8, 4) is 5.75 Å². The Labute approximate surface area is 151 Å². The summed E-state index contributed by atoms with van der Waals surface area (Å²) >= 11 is 1.54. The molecule has 0 saturated heterocycles. The Bertz CT molecular complexity index is 999. The summed E-state index contributed by atoms with van der Waals surface area (Å²) < 4.78 is 8.76. The van der Waals surface area contributed by atoms with Gasteiger partial charge in [0.15, 0.2) is 4.80 Å². The first-order valence-electron chi connectivity index (χ1n) is 8.38. The van der Waals surface area contributed by atoms with Gasteiger partial charge in [-0.25, -0.2) is 0 Å². The Morgan fingerprint density at radius 1 is 1.16 bits per heavy atom. The van der Waals surface area contributed by atoms with Crippen LogP contribution in [0.15, 0.2) is 41.4 Å². The van der Waals surface area contributed by atoms with E-state index in [1.165, 1.54) is 0 Å². The van der Waals surface area contributed by atoms with E-state index < -0.39 is 0 Å². The smallest absolute Gasteiger partial charge is 0.279 e. The number of ether oxygens (including phenoxy) is 1. The summed E-state index contributed by atoms with van der Waals surface area (Å²) in [6.07, 6.45) is 0.953. The zero-order valence-corrected chi connectivity index (χ0v) is 15.8. The highest BCUT2D eigenvalue weighted by molar-refractivity contribution is 7.16. The lowest BCUT2D eigenvalue weighted by Crippen LogP contribution is -2.17. The molecule has 0 saturated carbocycles. The first kappa shape index (κ1) is 17.4. The van der Waals surface area contributed by atoms with Gasteiger partial charge < -0.3 is 9.30 Å². The molecule has 3 rings (SSSR count). The van der Waals surface area contributed by atoms with Crippen molar-refractivity contribution in [2.45, 2.75) is 33.7 Å².